The van der Waals surface area contributed by atoms with Crippen molar-refractivity contribution in [3.8, 4) is 5.75 Å². The van der Waals surface area contributed by atoms with Gasteiger partial charge in [-0.25, -0.2) is 0 Å². The molecule has 1 saturated carbocycles. The lowest BCUT2D eigenvalue weighted by atomic mass is 10.1. The molecule has 1 aliphatic carbocycles. The standard InChI is InChI=1S/C24H29BrN2O3/c1-17-7-9-19(10-8-17)15-27(18(2)24(29)26-21-5-3-4-6-21)23(28)16-30-22-13-11-20(25)12-14-22/h7-14,18,21H,3-6,15-16H2,1-2H3,(H,26,29)/t18-/m1/s1. The molecule has 0 spiro atoms. The molecule has 0 bridgehead atoms. The quantitative estimate of drug-likeness (QED) is 0.609. The van der Waals surface area contributed by atoms with Gasteiger partial charge in [-0.15, -0.1) is 0 Å². The highest BCUT2D eigenvalue weighted by molar-refractivity contribution is 9.10. The van der Waals surface area contributed by atoms with Crippen LogP contribution in [-0.2, 0) is 16.1 Å². The normalized spacial score (nSPS) is 14.9. The first kappa shape index (κ1) is 22.3. The average molecular weight is 473 g/mol. The molecule has 0 heterocycles. The zero-order valence-electron chi connectivity index (χ0n) is 17.6. The molecule has 0 aliphatic heterocycles. The van der Waals surface area contributed by atoms with E-state index in [0.29, 0.717) is 12.3 Å². The van der Waals surface area contributed by atoms with Gasteiger partial charge in [0.05, 0.1) is 0 Å². The van der Waals surface area contributed by atoms with Gasteiger partial charge in [0.1, 0.15) is 11.8 Å². The van der Waals surface area contributed by atoms with Crippen molar-refractivity contribution in [3.05, 3.63) is 64.1 Å². The third-order valence-electron chi connectivity index (χ3n) is 5.52. The molecule has 2 aromatic carbocycles. The Labute approximate surface area is 186 Å². The summed E-state index contributed by atoms with van der Waals surface area (Å²) in [7, 11) is 0. The van der Waals surface area contributed by atoms with Crippen LogP contribution in [0.2, 0.25) is 0 Å². The number of hydrogen-bond donors (Lipinski definition) is 1. The van der Waals surface area contributed by atoms with Crippen molar-refractivity contribution in [2.45, 2.75) is 58.2 Å². The number of carbonyl (C=O) groups is 2. The zero-order chi connectivity index (χ0) is 21.5. The highest BCUT2D eigenvalue weighted by Gasteiger charge is 2.28. The molecule has 5 nitrogen and oxygen atoms in total. The lowest BCUT2D eigenvalue weighted by Crippen LogP contribution is -2.50. The van der Waals surface area contributed by atoms with Crippen molar-refractivity contribution in [2.24, 2.45) is 0 Å². The molecule has 6 heteroatoms. The first-order valence-corrected chi connectivity index (χ1v) is 11.3. The van der Waals surface area contributed by atoms with Crippen LogP contribution in [0.4, 0.5) is 0 Å². The fourth-order valence-corrected chi connectivity index (χ4v) is 3.89. The van der Waals surface area contributed by atoms with E-state index in [1.165, 1.54) is 0 Å². The SMILES string of the molecule is Cc1ccc(CN(C(=O)COc2ccc(Br)cc2)[C@H](C)C(=O)NC2CCCC2)cc1. The monoisotopic (exact) mass is 472 g/mol. The van der Waals surface area contributed by atoms with Crippen molar-refractivity contribution in [1.29, 1.82) is 0 Å². The molecule has 0 unspecified atom stereocenters. The number of nitrogens with one attached hydrogen (secondary N) is 1. The molecule has 2 aromatic rings. The van der Waals surface area contributed by atoms with Crippen molar-refractivity contribution in [1.82, 2.24) is 10.2 Å². The topological polar surface area (TPSA) is 58.6 Å². The second-order valence-corrected chi connectivity index (χ2v) is 8.83. The molecular weight excluding hydrogens is 444 g/mol. The Morgan fingerprint density at radius 1 is 1.10 bits per heavy atom. The molecule has 0 radical (unpaired) electrons. The van der Waals surface area contributed by atoms with Gasteiger partial charge in [0.2, 0.25) is 5.91 Å². The molecule has 1 N–H and O–H groups in total. The first-order chi connectivity index (χ1) is 14.4. The number of carbonyl (C=O) groups excluding carboxylic acids is 2. The van der Waals surface area contributed by atoms with Gasteiger partial charge in [-0.2, -0.15) is 0 Å². The number of rotatable bonds is 8. The van der Waals surface area contributed by atoms with E-state index in [0.717, 1.165) is 41.3 Å². The number of nitrogens with zero attached hydrogens (tertiary/aromatic N) is 1. The smallest absolute Gasteiger partial charge is 0.261 e. The van der Waals surface area contributed by atoms with Crippen LogP contribution < -0.4 is 10.1 Å². The molecule has 1 atom stereocenters. The van der Waals surface area contributed by atoms with Gasteiger partial charge in [0.15, 0.2) is 6.61 Å². The van der Waals surface area contributed by atoms with E-state index < -0.39 is 6.04 Å². The van der Waals surface area contributed by atoms with E-state index >= 15 is 0 Å². The summed E-state index contributed by atoms with van der Waals surface area (Å²) in [5.41, 5.74) is 2.14. The van der Waals surface area contributed by atoms with Crippen molar-refractivity contribution in [3.63, 3.8) is 0 Å². The van der Waals surface area contributed by atoms with Gasteiger partial charge < -0.3 is 15.0 Å². The van der Waals surface area contributed by atoms with Gasteiger partial charge in [-0.05, 0) is 56.5 Å². The van der Waals surface area contributed by atoms with Crippen LogP contribution in [0.25, 0.3) is 0 Å². The summed E-state index contributed by atoms with van der Waals surface area (Å²) in [5, 5.41) is 3.11. The Hall–Kier alpha value is -2.34. The lowest BCUT2D eigenvalue weighted by molar-refractivity contribution is -0.142. The van der Waals surface area contributed by atoms with Crippen molar-refractivity contribution < 1.29 is 14.3 Å². The number of hydrogen-bond acceptors (Lipinski definition) is 3. The zero-order valence-corrected chi connectivity index (χ0v) is 19.2. The van der Waals surface area contributed by atoms with E-state index in [2.05, 4.69) is 21.2 Å². The molecule has 0 aromatic heterocycles. The minimum absolute atomic E-state index is 0.106. The second kappa shape index (κ2) is 10.6. The van der Waals surface area contributed by atoms with Crippen LogP contribution >= 0.6 is 15.9 Å². The van der Waals surface area contributed by atoms with Crippen LogP contribution in [0.5, 0.6) is 5.75 Å². The second-order valence-electron chi connectivity index (χ2n) is 7.92. The molecule has 3 rings (SSSR count). The summed E-state index contributed by atoms with van der Waals surface area (Å²) in [6, 6.07) is 15.0. The van der Waals surface area contributed by atoms with Gasteiger partial charge in [0.25, 0.3) is 5.91 Å². The van der Waals surface area contributed by atoms with Crippen molar-refractivity contribution in [2.75, 3.05) is 6.61 Å². The summed E-state index contributed by atoms with van der Waals surface area (Å²) >= 11 is 3.39. The van der Waals surface area contributed by atoms with E-state index in [1.54, 1.807) is 24.0 Å². The molecule has 2 amide bonds. The maximum Gasteiger partial charge on any atom is 0.261 e. The number of aryl methyl sites for hydroxylation is 1. The number of ether oxygens (including phenoxy) is 1. The van der Waals surface area contributed by atoms with Crippen LogP contribution in [0, 0.1) is 6.92 Å². The van der Waals surface area contributed by atoms with Crippen molar-refractivity contribution >= 4 is 27.7 Å². The van der Waals surface area contributed by atoms with E-state index in [1.807, 2.05) is 43.3 Å². The third-order valence-corrected chi connectivity index (χ3v) is 6.05. The largest absolute Gasteiger partial charge is 0.484 e. The minimum Gasteiger partial charge on any atom is -0.484 e. The number of halogens is 1. The summed E-state index contributed by atoms with van der Waals surface area (Å²) in [6.07, 6.45) is 4.31. The van der Waals surface area contributed by atoms with Crippen LogP contribution in [0.15, 0.2) is 53.0 Å². The number of amides is 2. The predicted octanol–water partition coefficient (Wildman–Crippen LogP) is 4.61. The Morgan fingerprint density at radius 2 is 1.73 bits per heavy atom. The minimum atomic E-state index is -0.576. The van der Waals surface area contributed by atoms with Crippen LogP contribution in [-0.4, -0.2) is 35.4 Å². The molecule has 1 aliphatic rings. The van der Waals surface area contributed by atoms with Gasteiger partial charge >= 0.3 is 0 Å². The maximum atomic E-state index is 13.0. The summed E-state index contributed by atoms with van der Waals surface area (Å²) in [5.74, 6) is 0.295. The average Bonchev–Trinajstić information content (AvgIpc) is 3.25. The van der Waals surface area contributed by atoms with E-state index in [9.17, 15) is 9.59 Å². The van der Waals surface area contributed by atoms with Gasteiger partial charge in [0, 0.05) is 17.1 Å². The molecule has 0 saturated heterocycles. The highest BCUT2D eigenvalue weighted by Crippen LogP contribution is 2.19. The number of benzene rings is 2. The Kier molecular flexibility index (Phi) is 7.91. The fraction of sp³-hybridized carbons (Fsp3) is 0.417. The lowest BCUT2D eigenvalue weighted by Gasteiger charge is -2.29. The molecule has 160 valence electrons. The summed E-state index contributed by atoms with van der Waals surface area (Å²) in [4.78, 5) is 27.5. The first-order valence-electron chi connectivity index (χ1n) is 10.5. The Bertz CT molecular complexity index is 846. The van der Waals surface area contributed by atoms with Crippen LogP contribution in [0.1, 0.15) is 43.7 Å². The van der Waals surface area contributed by atoms with Gasteiger partial charge in [-0.3, -0.25) is 9.59 Å². The fourth-order valence-electron chi connectivity index (χ4n) is 3.62. The molecule has 1 fully saturated rings. The van der Waals surface area contributed by atoms with Gasteiger partial charge in [-0.1, -0.05) is 58.6 Å². The Morgan fingerprint density at radius 3 is 2.37 bits per heavy atom. The van der Waals surface area contributed by atoms with E-state index in [4.69, 9.17) is 4.74 Å². The highest BCUT2D eigenvalue weighted by atomic mass is 79.9. The predicted molar refractivity (Wildman–Crippen MR) is 121 cm³/mol. The van der Waals surface area contributed by atoms with E-state index in [-0.39, 0.29) is 24.5 Å². The Balaban J connectivity index is 1.69. The molecular formula is C24H29BrN2O3. The van der Waals surface area contributed by atoms with Crippen LogP contribution in [0.3, 0.4) is 0 Å². The molecule has 30 heavy (non-hydrogen) atoms. The third kappa shape index (κ3) is 6.33. The summed E-state index contributed by atoms with van der Waals surface area (Å²) in [6.45, 7) is 4.06. The summed E-state index contributed by atoms with van der Waals surface area (Å²) < 4.78 is 6.62. The maximum absolute atomic E-state index is 13.0.